The van der Waals surface area contributed by atoms with E-state index in [1.807, 2.05) is 41.3 Å². The van der Waals surface area contributed by atoms with Gasteiger partial charge in [-0.2, -0.15) is 0 Å². The molecule has 0 N–H and O–H groups in total. The molecule has 5 heteroatoms. The van der Waals surface area contributed by atoms with Gasteiger partial charge >= 0.3 is 0 Å². The van der Waals surface area contributed by atoms with Gasteiger partial charge in [0.15, 0.2) is 0 Å². The van der Waals surface area contributed by atoms with Crippen molar-refractivity contribution in [1.29, 1.82) is 0 Å². The number of benzene rings is 4. The highest BCUT2D eigenvalue weighted by atomic mass is 16.2. The second-order valence-corrected chi connectivity index (χ2v) is 11.3. The summed E-state index contributed by atoms with van der Waals surface area (Å²) in [5, 5.41) is 0. The van der Waals surface area contributed by atoms with E-state index >= 15 is 0 Å². The van der Waals surface area contributed by atoms with Crippen LogP contribution in [0.25, 0.3) is 0 Å². The molecule has 2 aliphatic rings. The van der Waals surface area contributed by atoms with Gasteiger partial charge in [0.2, 0.25) is 5.91 Å². The highest BCUT2D eigenvalue weighted by Gasteiger charge is 2.41. The largest absolute Gasteiger partial charge is 0.329 e. The normalized spacial score (nSPS) is 17.8. The van der Waals surface area contributed by atoms with Gasteiger partial charge in [0, 0.05) is 6.54 Å². The maximum Gasteiger partial charge on any atom is 0.262 e. The van der Waals surface area contributed by atoms with Crippen LogP contribution >= 0.6 is 0 Å². The van der Waals surface area contributed by atoms with Crippen molar-refractivity contribution in [1.82, 2.24) is 9.80 Å². The van der Waals surface area contributed by atoms with E-state index in [1.54, 1.807) is 24.3 Å². The molecule has 0 radical (unpaired) electrons. The van der Waals surface area contributed by atoms with E-state index in [-0.39, 0.29) is 24.4 Å². The van der Waals surface area contributed by atoms with Crippen molar-refractivity contribution in [3.05, 3.63) is 142 Å². The summed E-state index contributed by atoms with van der Waals surface area (Å²) in [7, 11) is 0. The quantitative estimate of drug-likeness (QED) is 0.251. The van der Waals surface area contributed by atoms with Crippen LogP contribution in [0.15, 0.2) is 97.1 Å². The Bertz CT molecular complexity index is 1580. The minimum atomic E-state index is -0.407. The Balaban J connectivity index is 1.42. The summed E-state index contributed by atoms with van der Waals surface area (Å²) in [5.41, 5.74) is 7.86. The van der Waals surface area contributed by atoms with E-state index < -0.39 is 11.8 Å². The molecule has 0 aromatic heterocycles. The molecule has 3 amide bonds. The molecule has 0 spiro atoms. The van der Waals surface area contributed by atoms with Crippen LogP contribution in [-0.2, 0) is 24.2 Å². The van der Waals surface area contributed by atoms with Gasteiger partial charge in [0.25, 0.3) is 11.8 Å². The molecule has 1 heterocycles. The summed E-state index contributed by atoms with van der Waals surface area (Å²) in [6.07, 6.45) is 2.74. The SMILES string of the molecule is Cc1cc(C)c2c(c1)C(N(Cc1ccccc1)C(=O)CN1C(=O)c3ccccc3C1=O)C(Cc1ccccc1)CC2. The summed E-state index contributed by atoms with van der Waals surface area (Å²) in [6.45, 7) is 4.37. The second-order valence-electron chi connectivity index (χ2n) is 11.3. The molecule has 2 unspecified atom stereocenters. The van der Waals surface area contributed by atoms with Crippen LogP contribution in [0.1, 0.15) is 66.6 Å². The minimum absolute atomic E-state index is 0.181. The predicted octanol–water partition coefficient (Wildman–Crippen LogP) is 6.47. The van der Waals surface area contributed by atoms with Crippen molar-refractivity contribution >= 4 is 17.7 Å². The third-order valence-corrected chi connectivity index (χ3v) is 8.55. The predicted molar refractivity (Wildman–Crippen MR) is 159 cm³/mol. The van der Waals surface area contributed by atoms with Crippen molar-refractivity contribution in [3.8, 4) is 0 Å². The van der Waals surface area contributed by atoms with Gasteiger partial charge < -0.3 is 4.90 Å². The zero-order valence-corrected chi connectivity index (χ0v) is 23.5. The van der Waals surface area contributed by atoms with E-state index in [4.69, 9.17) is 0 Å². The van der Waals surface area contributed by atoms with E-state index in [2.05, 4.69) is 50.2 Å². The molecular weight excluding hydrogens is 508 g/mol. The molecule has 0 saturated carbocycles. The number of rotatable bonds is 7. The lowest BCUT2D eigenvalue weighted by Gasteiger charge is -2.42. The van der Waals surface area contributed by atoms with Crippen LogP contribution in [0, 0.1) is 19.8 Å². The van der Waals surface area contributed by atoms with Gasteiger partial charge in [-0.1, -0.05) is 90.5 Å². The number of aryl methyl sites for hydroxylation is 2. The minimum Gasteiger partial charge on any atom is -0.329 e. The van der Waals surface area contributed by atoms with Gasteiger partial charge in [0.1, 0.15) is 6.54 Å². The lowest BCUT2D eigenvalue weighted by atomic mass is 9.74. The molecule has 2 atom stereocenters. The number of imide groups is 1. The third kappa shape index (κ3) is 5.20. The highest BCUT2D eigenvalue weighted by Crippen LogP contribution is 2.43. The van der Waals surface area contributed by atoms with Gasteiger partial charge in [-0.25, -0.2) is 0 Å². The first-order valence-electron chi connectivity index (χ1n) is 14.3. The molecule has 4 aromatic rings. The number of nitrogens with zero attached hydrogens (tertiary/aromatic N) is 2. The van der Waals surface area contributed by atoms with E-state index in [0.717, 1.165) is 29.7 Å². The van der Waals surface area contributed by atoms with Gasteiger partial charge in [0.05, 0.1) is 17.2 Å². The first-order chi connectivity index (χ1) is 19.9. The van der Waals surface area contributed by atoms with Crippen LogP contribution in [-0.4, -0.2) is 34.1 Å². The van der Waals surface area contributed by atoms with Gasteiger partial charge in [-0.3, -0.25) is 19.3 Å². The van der Waals surface area contributed by atoms with Crippen LogP contribution < -0.4 is 0 Å². The third-order valence-electron chi connectivity index (χ3n) is 8.55. The molecule has 1 aliphatic heterocycles. The molecule has 0 fully saturated rings. The monoisotopic (exact) mass is 542 g/mol. The zero-order chi connectivity index (χ0) is 28.5. The molecule has 6 rings (SSSR count). The Kier molecular flexibility index (Phi) is 7.27. The van der Waals surface area contributed by atoms with Crippen LogP contribution in [0.3, 0.4) is 0 Å². The molecule has 41 heavy (non-hydrogen) atoms. The lowest BCUT2D eigenvalue weighted by molar-refractivity contribution is -0.136. The number of amides is 3. The molecule has 206 valence electrons. The number of hydrogen-bond donors (Lipinski definition) is 0. The first-order valence-corrected chi connectivity index (χ1v) is 14.3. The van der Waals surface area contributed by atoms with Crippen molar-refractivity contribution in [2.75, 3.05) is 6.54 Å². The smallest absolute Gasteiger partial charge is 0.262 e. The fourth-order valence-electron chi connectivity index (χ4n) is 6.66. The molecule has 0 saturated heterocycles. The topological polar surface area (TPSA) is 57.7 Å². The van der Waals surface area contributed by atoms with Crippen LogP contribution in [0.2, 0.25) is 0 Å². The molecule has 5 nitrogen and oxygen atoms in total. The fraction of sp³-hybridized carbons (Fsp3) is 0.250. The van der Waals surface area contributed by atoms with Crippen molar-refractivity contribution in [3.63, 3.8) is 0 Å². The van der Waals surface area contributed by atoms with E-state index in [0.29, 0.717) is 17.7 Å². The average molecular weight is 543 g/mol. The number of hydrogen-bond acceptors (Lipinski definition) is 3. The molecule has 0 bridgehead atoms. The number of carbonyl (C=O) groups is 3. The summed E-state index contributed by atoms with van der Waals surface area (Å²) in [5.74, 6) is -0.857. The second kappa shape index (κ2) is 11.2. The maximum atomic E-state index is 14.4. The number of carbonyl (C=O) groups excluding carboxylic acids is 3. The summed E-state index contributed by atoms with van der Waals surface area (Å²) in [6, 6.07) is 31.5. The van der Waals surface area contributed by atoms with Crippen molar-refractivity contribution in [2.45, 2.75) is 45.7 Å². The summed E-state index contributed by atoms with van der Waals surface area (Å²) >= 11 is 0. The maximum absolute atomic E-state index is 14.4. The van der Waals surface area contributed by atoms with E-state index in [1.165, 1.54) is 27.8 Å². The Morgan fingerprint density at radius 2 is 1.39 bits per heavy atom. The molecule has 1 aliphatic carbocycles. The van der Waals surface area contributed by atoms with Crippen LogP contribution in [0.4, 0.5) is 0 Å². The summed E-state index contributed by atoms with van der Waals surface area (Å²) < 4.78 is 0. The lowest BCUT2D eigenvalue weighted by Crippen LogP contribution is -2.47. The molecular formula is C36H34N2O3. The summed E-state index contributed by atoms with van der Waals surface area (Å²) in [4.78, 5) is 43.9. The van der Waals surface area contributed by atoms with Gasteiger partial charge in [-0.15, -0.1) is 0 Å². The van der Waals surface area contributed by atoms with Crippen molar-refractivity contribution < 1.29 is 14.4 Å². The Morgan fingerprint density at radius 1 is 0.805 bits per heavy atom. The first kappa shape index (κ1) is 26.7. The average Bonchev–Trinajstić information content (AvgIpc) is 3.22. The Labute approximate surface area is 241 Å². The standard InChI is InChI=1S/C36H34N2O3/c1-24-19-25(2)29-18-17-28(21-26-11-5-3-6-12-26)34(32(29)20-24)37(22-27-13-7-4-8-14-27)33(39)23-38-35(40)30-15-9-10-16-31(30)36(38)41/h3-16,19-20,28,34H,17-18,21-23H2,1-2H3. The number of fused-ring (bicyclic) bond motifs is 2. The van der Waals surface area contributed by atoms with Gasteiger partial charge in [-0.05, 0) is 79.0 Å². The highest BCUT2D eigenvalue weighted by molar-refractivity contribution is 6.22. The fourth-order valence-corrected chi connectivity index (χ4v) is 6.66. The van der Waals surface area contributed by atoms with Crippen LogP contribution in [0.5, 0.6) is 0 Å². The Morgan fingerprint density at radius 3 is 2.02 bits per heavy atom. The van der Waals surface area contributed by atoms with E-state index in [9.17, 15) is 14.4 Å². The Hall–Kier alpha value is -4.51. The van der Waals surface area contributed by atoms with Crippen molar-refractivity contribution in [2.24, 2.45) is 5.92 Å². The zero-order valence-electron chi connectivity index (χ0n) is 23.5. The molecule has 4 aromatic carbocycles.